The molecule has 1 atom stereocenters. The van der Waals surface area contributed by atoms with Gasteiger partial charge in [-0.15, -0.1) is 0 Å². The number of imide groups is 1. The Hall–Kier alpha value is -3.15. The molecule has 23 heavy (non-hydrogen) atoms. The van der Waals surface area contributed by atoms with Crippen LogP contribution in [0.2, 0.25) is 0 Å². The lowest BCUT2D eigenvalue weighted by Crippen LogP contribution is -2.31. The van der Waals surface area contributed by atoms with Crippen molar-refractivity contribution in [2.45, 2.75) is 13.0 Å². The smallest absolute Gasteiger partial charge is 0.344 e. The highest BCUT2D eigenvalue weighted by atomic mass is 16.5. The summed E-state index contributed by atoms with van der Waals surface area (Å²) in [4.78, 5) is 37.0. The molecule has 6 heteroatoms. The Kier molecular flexibility index (Phi) is 3.57. The first-order chi connectivity index (χ1) is 11.0. The lowest BCUT2D eigenvalue weighted by molar-refractivity contribution is -0.144. The van der Waals surface area contributed by atoms with Gasteiger partial charge in [-0.1, -0.05) is 24.3 Å². The Balaban J connectivity index is 2.02. The molecule has 1 unspecified atom stereocenters. The van der Waals surface area contributed by atoms with E-state index in [4.69, 9.17) is 9.84 Å². The highest BCUT2D eigenvalue weighted by Crippen LogP contribution is 2.35. The number of hydrogen-bond acceptors (Lipinski definition) is 4. The number of hydrogen-bond donors (Lipinski definition) is 1. The van der Waals surface area contributed by atoms with E-state index in [1.54, 1.807) is 42.5 Å². The minimum atomic E-state index is -1.14. The van der Waals surface area contributed by atoms with E-state index in [1.165, 1.54) is 13.0 Å². The number of para-hydroxylation sites is 2. The van der Waals surface area contributed by atoms with Crippen molar-refractivity contribution >= 4 is 23.5 Å². The van der Waals surface area contributed by atoms with E-state index in [9.17, 15) is 14.4 Å². The normalized spacial score (nSPS) is 14.6. The lowest BCUT2D eigenvalue weighted by Gasteiger charge is -2.19. The number of benzene rings is 2. The number of carboxylic acids is 1. The van der Waals surface area contributed by atoms with Crippen molar-refractivity contribution < 1.29 is 24.2 Å². The Bertz CT molecular complexity index is 779. The highest BCUT2D eigenvalue weighted by molar-refractivity contribution is 6.34. The molecule has 6 nitrogen and oxygen atoms in total. The number of fused-ring (bicyclic) bond motifs is 1. The molecule has 116 valence electrons. The van der Waals surface area contributed by atoms with E-state index in [-0.39, 0.29) is 11.4 Å². The van der Waals surface area contributed by atoms with Crippen molar-refractivity contribution in [3.63, 3.8) is 0 Å². The van der Waals surface area contributed by atoms with Gasteiger partial charge in [0, 0.05) is 0 Å². The zero-order valence-corrected chi connectivity index (χ0v) is 12.2. The summed E-state index contributed by atoms with van der Waals surface area (Å²) in [5.41, 5.74) is 0.865. The van der Waals surface area contributed by atoms with Crippen LogP contribution in [0.3, 0.4) is 0 Å². The maximum atomic E-state index is 12.5. The van der Waals surface area contributed by atoms with Crippen LogP contribution >= 0.6 is 0 Å². The second-order valence-corrected chi connectivity index (χ2v) is 5.06. The topological polar surface area (TPSA) is 83.9 Å². The van der Waals surface area contributed by atoms with Gasteiger partial charge in [0.25, 0.3) is 11.8 Å². The molecule has 2 amide bonds. The van der Waals surface area contributed by atoms with Crippen LogP contribution in [0.25, 0.3) is 0 Å². The molecule has 1 aliphatic rings. The van der Waals surface area contributed by atoms with Gasteiger partial charge in [0.15, 0.2) is 6.10 Å². The van der Waals surface area contributed by atoms with Crippen LogP contribution in [-0.4, -0.2) is 29.0 Å². The van der Waals surface area contributed by atoms with Gasteiger partial charge in [0.2, 0.25) is 0 Å². The van der Waals surface area contributed by atoms with Gasteiger partial charge in [0.1, 0.15) is 5.75 Å². The summed E-state index contributed by atoms with van der Waals surface area (Å²) in [5, 5.41) is 8.97. The van der Waals surface area contributed by atoms with Gasteiger partial charge >= 0.3 is 5.97 Å². The van der Waals surface area contributed by atoms with Crippen LogP contribution in [0, 0.1) is 0 Å². The van der Waals surface area contributed by atoms with E-state index in [2.05, 4.69) is 0 Å². The monoisotopic (exact) mass is 311 g/mol. The summed E-state index contributed by atoms with van der Waals surface area (Å²) in [5.74, 6) is -1.88. The molecule has 1 aliphatic heterocycles. The molecule has 0 fully saturated rings. The maximum absolute atomic E-state index is 12.5. The van der Waals surface area contributed by atoms with Gasteiger partial charge in [-0.2, -0.15) is 0 Å². The predicted octanol–water partition coefficient (Wildman–Crippen LogP) is 2.34. The average molecular weight is 311 g/mol. The van der Waals surface area contributed by atoms with Crippen LogP contribution in [0.15, 0.2) is 48.5 Å². The molecule has 0 aliphatic carbocycles. The van der Waals surface area contributed by atoms with E-state index in [1.807, 2.05) is 0 Å². The third-order valence-corrected chi connectivity index (χ3v) is 3.55. The molecular weight excluding hydrogens is 298 g/mol. The van der Waals surface area contributed by atoms with Crippen LogP contribution in [0.4, 0.5) is 5.69 Å². The fraction of sp³-hybridized carbons (Fsp3) is 0.118. The summed E-state index contributed by atoms with van der Waals surface area (Å²) < 4.78 is 5.37. The number of aliphatic carboxylic acids is 1. The molecule has 2 aromatic rings. The summed E-state index contributed by atoms with van der Waals surface area (Å²) in [7, 11) is 0. The minimum Gasteiger partial charge on any atom is -0.479 e. The van der Waals surface area contributed by atoms with Crippen LogP contribution in [0.5, 0.6) is 5.75 Å². The summed E-state index contributed by atoms with van der Waals surface area (Å²) >= 11 is 0. The summed E-state index contributed by atoms with van der Waals surface area (Å²) in [6.45, 7) is 1.38. The minimum absolute atomic E-state index is 0.164. The van der Waals surface area contributed by atoms with Gasteiger partial charge in [0.05, 0.1) is 16.8 Å². The molecule has 0 spiro atoms. The maximum Gasteiger partial charge on any atom is 0.344 e. The summed E-state index contributed by atoms with van der Waals surface area (Å²) in [6, 6.07) is 12.9. The number of rotatable bonds is 4. The lowest BCUT2D eigenvalue weighted by atomic mass is 10.1. The largest absolute Gasteiger partial charge is 0.479 e. The first-order valence-electron chi connectivity index (χ1n) is 6.97. The molecule has 2 aromatic carbocycles. The number of carbonyl (C=O) groups excluding carboxylic acids is 2. The predicted molar refractivity (Wildman–Crippen MR) is 81.7 cm³/mol. The molecule has 0 aromatic heterocycles. The van der Waals surface area contributed by atoms with Crippen molar-refractivity contribution in [3.05, 3.63) is 59.7 Å². The Morgan fingerprint density at radius 1 is 1.00 bits per heavy atom. The Morgan fingerprint density at radius 3 is 2.09 bits per heavy atom. The van der Waals surface area contributed by atoms with Crippen molar-refractivity contribution in [3.8, 4) is 5.75 Å². The van der Waals surface area contributed by atoms with E-state index >= 15 is 0 Å². The fourth-order valence-corrected chi connectivity index (χ4v) is 2.39. The first-order valence-corrected chi connectivity index (χ1v) is 6.97. The molecule has 1 heterocycles. The number of ether oxygens (including phenoxy) is 1. The Morgan fingerprint density at radius 2 is 1.52 bits per heavy atom. The van der Waals surface area contributed by atoms with Crippen molar-refractivity contribution in [1.29, 1.82) is 0 Å². The fourth-order valence-electron chi connectivity index (χ4n) is 2.39. The van der Waals surface area contributed by atoms with Crippen LogP contribution < -0.4 is 9.64 Å². The molecule has 0 saturated heterocycles. The van der Waals surface area contributed by atoms with E-state index in [0.717, 1.165) is 4.90 Å². The van der Waals surface area contributed by atoms with Gasteiger partial charge in [-0.3, -0.25) is 9.59 Å². The van der Waals surface area contributed by atoms with Gasteiger partial charge in [-0.05, 0) is 31.2 Å². The second kappa shape index (κ2) is 5.57. The molecule has 0 bridgehead atoms. The van der Waals surface area contributed by atoms with Gasteiger partial charge < -0.3 is 9.84 Å². The number of carbonyl (C=O) groups is 3. The zero-order chi connectivity index (χ0) is 16.6. The highest BCUT2D eigenvalue weighted by Gasteiger charge is 2.37. The molecule has 0 radical (unpaired) electrons. The van der Waals surface area contributed by atoms with Crippen molar-refractivity contribution in [2.75, 3.05) is 4.90 Å². The van der Waals surface area contributed by atoms with E-state index in [0.29, 0.717) is 11.1 Å². The van der Waals surface area contributed by atoms with Crippen LogP contribution in [-0.2, 0) is 4.79 Å². The van der Waals surface area contributed by atoms with Crippen LogP contribution in [0.1, 0.15) is 27.6 Å². The SMILES string of the molecule is CC(Oc1ccccc1N1C(=O)c2ccccc2C1=O)C(=O)O. The Labute approximate surface area is 131 Å². The van der Waals surface area contributed by atoms with E-state index < -0.39 is 23.9 Å². The average Bonchev–Trinajstić information content (AvgIpc) is 2.80. The molecule has 0 saturated carbocycles. The number of amides is 2. The molecular formula is C17H13NO5. The molecule has 3 rings (SSSR count). The first kappa shape index (κ1) is 14.8. The number of carboxylic acid groups (broad SMARTS) is 1. The van der Waals surface area contributed by atoms with Crippen molar-refractivity contribution in [2.24, 2.45) is 0 Å². The number of anilines is 1. The quantitative estimate of drug-likeness (QED) is 0.876. The third kappa shape index (κ3) is 2.44. The number of nitrogens with zero attached hydrogens (tertiary/aromatic N) is 1. The third-order valence-electron chi connectivity index (χ3n) is 3.55. The molecule has 1 N–H and O–H groups in total. The zero-order valence-electron chi connectivity index (χ0n) is 12.2. The van der Waals surface area contributed by atoms with Crippen molar-refractivity contribution in [1.82, 2.24) is 0 Å². The summed E-state index contributed by atoms with van der Waals surface area (Å²) in [6.07, 6.45) is -1.11. The van der Waals surface area contributed by atoms with Gasteiger partial charge in [-0.25, -0.2) is 9.69 Å². The standard InChI is InChI=1S/C17H13NO5/c1-10(17(21)22)23-14-9-5-4-8-13(14)18-15(19)11-6-2-3-7-12(11)16(18)20/h2-10H,1H3,(H,21,22). The second-order valence-electron chi connectivity index (χ2n) is 5.06.